The highest BCUT2D eigenvalue weighted by Gasteiger charge is 2.24. The zero-order valence-electron chi connectivity index (χ0n) is 11.6. The SMILES string of the molecule is COCC1CCCN(C(=O)c2cccc(OC)c2)C1. The van der Waals surface area contributed by atoms with Crippen LogP contribution in [-0.2, 0) is 4.74 Å². The summed E-state index contributed by atoms with van der Waals surface area (Å²) >= 11 is 0. The third-order valence-electron chi connectivity index (χ3n) is 3.53. The van der Waals surface area contributed by atoms with Gasteiger partial charge in [0.15, 0.2) is 0 Å². The zero-order chi connectivity index (χ0) is 13.7. The Hall–Kier alpha value is -1.55. The summed E-state index contributed by atoms with van der Waals surface area (Å²) in [6.45, 7) is 2.34. The molecule has 0 spiro atoms. The second kappa shape index (κ2) is 6.57. The van der Waals surface area contributed by atoms with Gasteiger partial charge in [0.2, 0.25) is 0 Å². The predicted octanol–water partition coefficient (Wildman–Crippen LogP) is 2.19. The quantitative estimate of drug-likeness (QED) is 0.836. The lowest BCUT2D eigenvalue weighted by molar-refractivity contribution is 0.0570. The van der Waals surface area contributed by atoms with Gasteiger partial charge in [-0.05, 0) is 37.0 Å². The smallest absolute Gasteiger partial charge is 0.253 e. The van der Waals surface area contributed by atoms with Crippen LogP contribution in [0.15, 0.2) is 24.3 Å². The molecule has 1 atom stereocenters. The minimum atomic E-state index is 0.0831. The van der Waals surface area contributed by atoms with Crippen molar-refractivity contribution in [1.29, 1.82) is 0 Å². The molecule has 1 aromatic rings. The number of hydrogen-bond donors (Lipinski definition) is 0. The number of carbonyl (C=O) groups excluding carboxylic acids is 1. The van der Waals surface area contributed by atoms with E-state index in [9.17, 15) is 4.79 Å². The standard InChI is InChI=1S/C15H21NO3/c1-18-11-12-5-4-8-16(10-12)15(17)13-6-3-7-14(9-13)19-2/h3,6-7,9,12H,4-5,8,10-11H2,1-2H3. The summed E-state index contributed by atoms with van der Waals surface area (Å²) in [5.41, 5.74) is 0.692. The minimum Gasteiger partial charge on any atom is -0.497 e. The summed E-state index contributed by atoms with van der Waals surface area (Å²) in [4.78, 5) is 14.4. The van der Waals surface area contributed by atoms with E-state index in [4.69, 9.17) is 9.47 Å². The highest BCUT2D eigenvalue weighted by atomic mass is 16.5. The van der Waals surface area contributed by atoms with Crippen molar-refractivity contribution < 1.29 is 14.3 Å². The predicted molar refractivity (Wildman–Crippen MR) is 73.5 cm³/mol. The van der Waals surface area contributed by atoms with Crippen molar-refractivity contribution in [2.75, 3.05) is 33.9 Å². The van der Waals surface area contributed by atoms with Crippen molar-refractivity contribution in [2.45, 2.75) is 12.8 Å². The Bertz CT molecular complexity index is 431. The van der Waals surface area contributed by atoms with Crippen LogP contribution in [-0.4, -0.2) is 44.7 Å². The number of likely N-dealkylation sites (tertiary alicyclic amines) is 1. The van der Waals surface area contributed by atoms with Gasteiger partial charge in [-0.1, -0.05) is 6.07 Å². The fourth-order valence-corrected chi connectivity index (χ4v) is 2.56. The van der Waals surface area contributed by atoms with Gasteiger partial charge in [-0.15, -0.1) is 0 Å². The number of amides is 1. The third-order valence-corrected chi connectivity index (χ3v) is 3.53. The molecule has 1 aliphatic heterocycles. The Kier molecular flexibility index (Phi) is 4.80. The highest BCUT2D eigenvalue weighted by molar-refractivity contribution is 5.94. The molecule has 0 radical (unpaired) electrons. The van der Waals surface area contributed by atoms with Crippen LogP contribution >= 0.6 is 0 Å². The molecule has 1 heterocycles. The summed E-state index contributed by atoms with van der Waals surface area (Å²) in [5, 5.41) is 0. The molecule has 1 amide bonds. The van der Waals surface area contributed by atoms with E-state index < -0.39 is 0 Å². The van der Waals surface area contributed by atoms with Crippen LogP contribution in [0.3, 0.4) is 0 Å². The van der Waals surface area contributed by atoms with Gasteiger partial charge in [0.25, 0.3) is 5.91 Å². The molecule has 19 heavy (non-hydrogen) atoms. The molecule has 0 aromatic heterocycles. The topological polar surface area (TPSA) is 38.8 Å². The second-order valence-electron chi connectivity index (χ2n) is 4.95. The summed E-state index contributed by atoms with van der Waals surface area (Å²) in [7, 11) is 3.32. The van der Waals surface area contributed by atoms with Crippen LogP contribution in [0.2, 0.25) is 0 Å². The molecule has 1 saturated heterocycles. The van der Waals surface area contributed by atoms with Gasteiger partial charge in [-0.25, -0.2) is 0 Å². The Morgan fingerprint density at radius 3 is 3.00 bits per heavy atom. The van der Waals surface area contributed by atoms with Gasteiger partial charge in [0.1, 0.15) is 5.75 Å². The number of methoxy groups -OCH3 is 2. The van der Waals surface area contributed by atoms with Crippen LogP contribution in [0.5, 0.6) is 5.75 Å². The molecule has 1 aliphatic rings. The lowest BCUT2D eigenvalue weighted by atomic mass is 9.98. The Balaban J connectivity index is 2.05. The number of ether oxygens (including phenoxy) is 2. The molecule has 104 valence electrons. The van der Waals surface area contributed by atoms with E-state index in [0.717, 1.165) is 38.3 Å². The van der Waals surface area contributed by atoms with Gasteiger partial charge in [-0.3, -0.25) is 4.79 Å². The molecule has 4 heteroatoms. The average Bonchev–Trinajstić information content (AvgIpc) is 2.47. The lowest BCUT2D eigenvalue weighted by Crippen LogP contribution is -2.41. The van der Waals surface area contributed by atoms with Crippen LogP contribution in [0.4, 0.5) is 0 Å². The second-order valence-corrected chi connectivity index (χ2v) is 4.95. The van der Waals surface area contributed by atoms with Crippen molar-refractivity contribution in [3.8, 4) is 5.75 Å². The number of benzene rings is 1. The fraction of sp³-hybridized carbons (Fsp3) is 0.533. The Morgan fingerprint density at radius 2 is 2.26 bits per heavy atom. The third kappa shape index (κ3) is 3.47. The van der Waals surface area contributed by atoms with E-state index in [1.165, 1.54) is 0 Å². The molecule has 0 bridgehead atoms. The van der Waals surface area contributed by atoms with Crippen molar-refractivity contribution in [3.63, 3.8) is 0 Å². The van der Waals surface area contributed by atoms with Crippen LogP contribution in [0.25, 0.3) is 0 Å². The fourth-order valence-electron chi connectivity index (χ4n) is 2.56. The number of hydrogen-bond acceptors (Lipinski definition) is 3. The first-order valence-corrected chi connectivity index (χ1v) is 6.67. The van der Waals surface area contributed by atoms with Gasteiger partial charge >= 0.3 is 0 Å². The highest BCUT2D eigenvalue weighted by Crippen LogP contribution is 2.20. The van der Waals surface area contributed by atoms with Crippen molar-refractivity contribution in [1.82, 2.24) is 4.90 Å². The molecule has 1 unspecified atom stereocenters. The Labute approximate surface area is 114 Å². The lowest BCUT2D eigenvalue weighted by Gasteiger charge is -2.32. The molecule has 0 aliphatic carbocycles. The first kappa shape index (κ1) is 13.9. The van der Waals surface area contributed by atoms with E-state index in [1.54, 1.807) is 20.3 Å². The number of piperidine rings is 1. The minimum absolute atomic E-state index is 0.0831. The van der Waals surface area contributed by atoms with Crippen LogP contribution in [0, 0.1) is 5.92 Å². The summed E-state index contributed by atoms with van der Waals surface area (Å²) in [6.07, 6.45) is 2.18. The maximum absolute atomic E-state index is 12.4. The largest absolute Gasteiger partial charge is 0.497 e. The number of nitrogens with zero attached hydrogens (tertiary/aromatic N) is 1. The normalized spacial score (nSPS) is 19.3. The molecule has 1 aromatic carbocycles. The maximum Gasteiger partial charge on any atom is 0.253 e. The molecule has 0 saturated carbocycles. The van der Waals surface area contributed by atoms with E-state index in [1.807, 2.05) is 23.1 Å². The molecule has 4 nitrogen and oxygen atoms in total. The molecule has 0 N–H and O–H groups in total. The summed E-state index contributed by atoms with van der Waals surface area (Å²) < 4.78 is 10.4. The number of carbonyl (C=O) groups is 1. The van der Waals surface area contributed by atoms with E-state index in [0.29, 0.717) is 11.5 Å². The van der Waals surface area contributed by atoms with Crippen LogP contribution in [0.1, 0.15) is 23.2 Å². The van der Waals surface area contributed by atoms with E-state index >= 15 is 0 Å². The first-order chi connectivity index (χ1) is 9.24. The van der Waals surface area contributed by atoms with Crippen molar-refractivity contribution in [2.24, 2.45) is 5.92 Å². The average molecular weight is 263 g/mol. The van der Waals surface area contributed by atoms with Gasteiger partial charge < -0.3 is 14.4 Å². The molecular formula is C15H21NO3. The monoisotopic (exact) mass is 263 g/mol. The van der Waals surface area contributed by atoms with Gasteiger partial charge in [0.05, 0.1) is 13.7 Å². The Morgan fingerprint density at radius 1 is 1.42 bits per heavy atom. The molecular weight excluding hydrogens is 242 g/mol. The van der Waals surface area contributed by atoms with Crippen molar-refractivity contribution >= 4 is 5.91 Å². The number of rotatable bonds is 4. The summed E-state index contributed by atoms with van der Waals surface area (Å²) in [6, 6.07) is 7.33. The van der Waals surface area contributed by atoms with Crippen molar-refractivity contribution in [3.05, 3.63) is 29.8 Å². The van der Waals surface area contributed by atoms with E-state index in [-0.39, 0.29) is 5.91 Å². The first-order valence-electron chi connectivity index (χ1n) is 6.67. The van der Waals surface area contributed by atoms with E-state index in [2.05, 4.69) is 0 Å². The molecule has 2 rings (SSSR count). The van der Waals surface area contributed by atoms with Gasteiger partial charge in [0, 0.05) is 25.8 Å². The van der Waals surface area contributed by atoms with Gasteiger partial charge in [-0.2, -0.15) is 0 Å². The zero-order valence-corrected chi connectivity index (χ0v) is 11.6. The van der Waals surface area contributed by atoms with Crippen LogP contribution < -0.4 is 4.74 Å². The maximum atomic E-state index is 12.4. The molecule has 1 fully saturated rings. The summed E-state index contributed by atoms with van der Waals surface area (Å²) in [5.74, 6) is 1.25.